The van der Waals surface area contributed by atoms with E-state index < -0.39 is 0 Å². The van der Waals surface area contributed by atoms with E-state index in [-0.39, 0.29) is 5.84 Å². The second-order valence-electron chi connectivity index (χ2n) is 4.14. The van der Waals surface area contributed by atoms with Crippen LogP contribution in [0.5, 0.6) is 5.75 Å². The number of rotatable bonds is 5. The van der Waals surface area contributed by atoms with Crippen molar-refractivity contribution < 1.29 is 4.74 Å². The molecule has 1 fully saturated rings. The number of ether oxygens (including phenoxy) is 1. The van der Waals surface area contributed by atoms with Crippen LogP contribution in [0.3, 0.4) is 0 Å². The zero-order valence-electron chi connectivity index (χ0n) is 9.00. The lowest BCUT2D eigenvalue weighted by Gasteiger charge is -2.08. The molecule has 0 bridgehead atoms. The molecule has 2 rings (SSSR count). The maximum atomic E-state index is 7.30. The van der Waals surface area contributed by atoms with Crippen molar-refractivity contribution in [2.45, 2.75) is 19.3 Å². The third-order valence-corrected chi connectivity index (χ3v) is 3.04. The average Bonchev–Trinajstić information content (AvgIpc) is 3.01. The summed E-state index contributed by atoms with van der Waals surface area (Å²) in [5, 5.41) is 7.77. The van der Waals surface area contributed by atoms with Gasteiger partial charge in [0.05, 0.1) is 11.6 Å². The Morgan fingerprint density at radius 2 is 2.25 bits per heavy atom. The fourth-order valence-corrected chi connectivity index (χ4v) is 1.83. The molecule has 0 amide bonds. The van der Waals surface area contributed by atoms with Gasteiger partial charge in [-0.2, -0.15) is 0 Å². The van der Waals surface area contributed by atoms with Gasteiger partial charge in [0.2, 0.25) is 0 Å². The lowest BCUT2D eigenvalue weighted by molar-refractivity contribution is 0.302. The van der Waals surface area contributed by atoms with E-state index in [1.54, 1.807) is 18.2 Å². The van der Waals surface area contributed by atoms with Crippen LogP contribution in [0.4, 0.5) is 0 Å². The number of benzene rings is 1. The Morgan fingerprint density at radius 3 is 2.81 bits per heavy atom. The number of hydrogen-bond acceptors (Lipinski definition) is 2. The minimum atomic E-state index is -0.0190. The van der Waals surface area contributed by atoms with Gasteiger partial charge in [-0.15, -0.1) is 0 Å². The van der Waals surface area contributed by atoms with Gasteiger partial charge in [-0.3, -0.25) is 5.41 Å². The molecule has 1 aromatic rings. The second-order valence-corrected chi connectivity index (χ2v) is 4.54. The summed E-state index contributed by atoms with van der Waals surface area (Å²) in [5.41, 5.74) is 5.92. The van der Waals surface area contributed by atoms with Crippen LogP contribution in [-0.2, 0) is 0 Å². The van der Waals surface area contributed by atoms with Crippen molar-refractivity contribution in [2.24, 2.45) is 11.7 Å². The first-order chi connectivity index (χ1) is 7.66. The summed E-state index contributed by atoms with van der Waals surface area (Å²) in [7, 11) is 0. The molecule has 1 aliphatic carbocycles. The minimum absolute atomic E-state index is 0.0190. The van der Waals surface area contributed by atoms with Gasteiger partial charge in [-0.05, 0) is 30.5 Å². The highest BCUT2D eigenvalue weighted by atomic mass is 35.5. The highest BCUT2D eigenvalue weighted by Gasteiger charge is 2.20. The smallest absolute Gasteiger partial charge is 0.124 e. The van der Waals surface area contributed by atoms with Crippen LogP contribution >= 0.6 is 11.6 Å². The van der Waals surface area contributed by atoms with Crippen molar-refractivity contribution in [3.63, 3.8) is 0 Å². The van der Waals surface area contributed by atoms with E-state index in [2.05, 4.69) is 0 Å². The van der Waals surface area contributed by atoms with Crippen LogP contribution in [0.25, 0.3) is 0 Å². The minimum Gasteiger partial charge on any atom is -0.494 e. The van der Waals surface area contributed by atoms with Crippen LogP contribution in [-0.4, -0.2) is 12.4 Å². The Kier molecular flexibility index (Phi) is 3.34. The second kappa shape index (κ2) is 4.74. The Morgan fingerprint density at radius 1 is 1.50 bits per heavy atom. The molecule has 0 aromatic heterocycles. The molecular weight excluding hydrogens is 224 g/mol. The van der Waals surface area contributed by atoms with E-state index in [0.29, 0.717) is 10.6 Å². The van der Waals surface area contributed by atoms with Gasteiger partial charge in [0, 0.05) is 5.56 Å². The summed E-state index contributed by atoms with van der Waals surface area (Å²) in [4.78, 5) is 0. The van der Waals surface area contributed by atoms with E-state index in [9.17, 15) is 0 Å². The maximum absolute atomic E-state index is 7.30. The molecular formula is C12H15ClN2O. The van der Waals surface area contributed by atoms with Crippen molar-refractivity contribution in [3.05, 3.63) is 28.8 Å². The molecule has 0 spiro atoms. The van der Waals surface area contributed by atoms with Gasteiger partial charge in [0.25, 0.3) is 0 Å². The van der Waals surface area contributed by atoms with Gasteiger partial charge < -0.3 is 10.5 Å². The summed E-state index contributed by atoms with van der Waals surface area (Å²) >= 11 is 5.98. The summed E-state index contributed by atoms with van der Waals surface area (Å²) in [5.74, 6) is 1.59. The molecule has 0 atom stereocenters. The van der Waals surface area contributed by atoms with Gasteiger partial charge in [0.1, 0.15) is 11.6 Å². The first kappa shape index (κ1) is 11.3. The average molecular weight is 239 g/mol. The topological polar surface area (TPSA) is 59.1 Å². The molecule has 4 heteroatoms. The predicted molar refractivity (Wildman–Crippen MR) is 65.3 cm³/mol. The quantitative estimate of drug-likeness (QED) is 0.612. The van der Waals surface area contributed by atoms with E-state index in [1.807, 2.05) is 0 Å². The Balaban J connectivity index is 1.93. The largest absolute Gasteiger partial charge is 0.494 e. The zero-order valence-corrected chi connectivity index (χ0v) is 9.76. The lowest BCUT2D eigenvalue weighted by Crippen LogP contribution is -2.11. The van der Waals surface area contributed by atoms with Crippen molar-refractivity contribution >= 4 is 17.4 Å². The van der Waals surface area contributed by atoms with E-state index in [0.717, 1.165) is 24.7 Å². The molecule has 0 radical (unpaired) electrons. The van der Waals surface area contributed by atoms with E-state index in [4.69, 9.17) is 27.5 Å². The summed E-state index contributed by atoms with van der Waals surface area (Å²) in [6.07, 6.45) is 3.80. The molecule has 1 aliphatic rings. The molecule has 1 saturated carbocycles. The van der Waals surface area contributed by atoms with Gasteiger partial charge in [-0.25, -0.2) is 0 Å². The number of nitrogens with two attached hydrogens (primary N) is 1. The summed E-state index contributed by atoms with van der Waals surface area (Å²) in [6, 6.07) is 5.23. The van der Waals surface area contributed by atoms with Crippen LogP contribution in [0.15, 0.2) is 18.2 Å². The van der Waals surface area contributed by atoms with Crippen LogP contribution in [0.2, 0.25) is 5.02 Å². The van der Waals surface area contributed by atoms with Crippen LogP contribution < -0.4 is 10.5 Å². The van der Waals surface area contributed by atoms with Gasteiger partial charge >= 0.3 is 0 Å². The third kappa shape index (κ3) is 2.89. The molecule has 0 aliphatic heterocycles. The molecule has 86 valence electrons. The normalized spacial score (nSPS) is 14.8. The number of halogens is 1. The highest BCUT2D eigenvalue weighted by molar-refractivity contribution is 6.34. The molecule has 0 saturated heterocycles. The highest BCUT2D eigenvalue weighted by Crippen LogP contribution is 2.32. The number of hydrogen-bond donors (Lipinski definition) is 2. The zero-order chi connectivity index (χ0) is 11.5. The Labute approximate surface area is 100 Å². The molecule has 16 heavy (non-hydrogen) atoms. The first-order valence-corrected chi connectivity index (χ1v) is 5.81. The molecule has 3 N–H and O–H groups in total. The summed E-state index contributed by atoms with van der Waals surface area (Å²) < 4.78 is 5.58. The van der Waals surface area contributed by atoms with Crippen molar-refractivity contribution in [3.8, 4) is 5.75 Å². The maximum Gasteiger partial charge on any atom is 0.124 e. The van der Waals surface area contributed by atoms with E-state index >= 15 is 0 Å². The Bertz CT molecular complexity index is 402. The SMILES string of the molecule is N=C(N)c1ccc(OCCC2CC2)cc1Cl. The third-order valence-electron chi connectivity index (χ3n) is 2.72. The Hall–Kier alpha value is -1.22. The van der Waals surface area contributed by atoms with Crippen molar-refractivity contribution in [1.82, 2.24) is 0 Å². The standard InChI is InChI=1S/C12H15ClN2O/c13-11-7-9(3-4-10(11)12(14)15)16-6-5-8-1-2-8/h3-4,7-8H,1-2,5-6H2,(H3,14,15). The lowest BCUT2D eigenvalue weighted by atomic mass is 10.2. The predicted octanol–water partition coefficient (Wildman–Crippen LogP) is 2.80. The van der Waals surface area contributed by atoms with Crippen molar-refractivity contribution in [1.29, 1.82) is 5.41 Å². The fraction of sp³-hybridized carbons (Fsp3) is 0.417. The first-order valence-electron chi connectivity index (χ1n) is 5.43. The van der Waals surface area contributed by atoms with Crippen LogP contribution in [0.1, 0.15) is 24.8 Å². The molecule has 3 nitrogen and oxygen atoms in total. The number of nitrogen functional groups attached to an aromatic ring is 1. The molecule has 1 aromatic carbocycles. The van der Waals surface area contributed by atoms with Gasteiger partial charge in [-0.1, -0.05) is 24.4 Å². The van der Waals surface area contributed by atoms with Crippen LogP contribution in [0, 0.1) is 11.3 Å². The summed E-state index contributed by atoms with van der Waals surface area (Å²) in [6.45, 7) is 0.737. The fourth-order valence-electron chi connectivity index (χ4n) is 1.55. The number of nitrogens with one attached hydrogen (secondary N) is 1. The molecule has 0 heterocycles. The number of amidine groups is 1. The van der Waals surface area contributed by atoms with Gasteiger partial charge in [0.15, 0.2) is 0 Å². The van der Waals surface area contributed by atoms with E-state index in [1.165, 1.54) is 12.8 Å². The monoisotopic (exact) mass is 238 g/mol. The van der Waals surface area contributed by atoms with Crippen molar-refractivity contribution in [2.75, 3.05) is 6.61 Å². The molecule has 0 unspecified atom stereocenters.